The number of nitrogens with zero attached hydrogens (tertiary/aromatic N) is 2. The van der Waals surface area contributed by atoms with E-state index in [1.807, 2.05) is 30.3 Å². The van der Waals surface area contributed by atoms with Gasteiger partial charge in [0.25, 0.3) is 0 Å². The molecule has 2 aromatic carbocycles. The van der Waals surface area contributed by atoms with Crippen LogP contribution in [0.5, 0.6) is 0 Å². The summed E-state index contributed by atoms with van der Waals surface area (Å²) in [7, 11) is -0.811. The fraction of sp³-hybridized carbons (Fsp3) is 0.0714. The molecular weight excluding hydrogens is 260 g/mol. The van der Waals surface area contributed by atoms with Crippen LogP contribution in [-0.4, -0.2) is 11.1 Å². The zero-order valence-corrected chi connectivity index (χ0v) is 10.7. The summed E-state index contributed by atoms with van der Waals surface area (Å²) in [4.78, 5) is 13.0. The number of hydrogen-bond donors (Lipinski definition) is 1. The summed E-state index contributed by atoms with van der Waals surface area (Å²) in [6, 6.07) is 12.8. The van der Waals surface area contributed by atoms with Gasteiger partial charge in [0.15, 0.2) is 0 Å². The molecule has 0 spiro atoms. The number of carboxylic acid groups (broad SMARTS) is 1. The first-order valence-electron chi connectivity index (χ1n) is 5.75. The van der Waals surface area contributed by atoms with E-state index >= 15 is 0 Å². The molecule has 2 aromatic rings. The number of aromatic carboxylic acids is 1. The highest BCUT2D eigenvalue weighted by atomic mass is 32.2. The van der Waals surface area contributed by atoms with Crippen molar-refractivity contribution >= 4 is 16.7 Å². The molecular formula is C14H10N2O2S. The maximum Gasteiger partial charge on any atom is 0.336 e. The Morgan fingerprint density at radius 2 is 1.89 bits per heavy atom. The van der Waals surface area contributed by atoms with Crippen molar-refractivity contribution in [3.8, 4) is 0 Å². The lowest BCUT2D eigenvalue weighted by Crippen LogP contribution is -2.14. The van der Waals surface area contributed by atoms with E-state index in [4.69, 9.17) is 0 Å². The van der Waals surface area contributed by atoms with Gasteiger partial charge in [-0.1, -0.05) is 24.3 Å². The Morgan fingerprint density at radius 1 is 1.16 bits per heavy atom. The number of benzene rings is 2. The SMILES string of the molecule is [N-]=[N+]=S1c2ccccc2Cc2c(C(=O)O)cccc21. The van der Waals surface area contributed by atoms with Crippen LogP contribution in [-0.2, 0) is 17.1 Å². The second-order valence-corrected chi connectivity index (χ2v) is 5.85. The molecule has 3 rings (SSSR count). The van der Waals surface area contributed by atoms with E-state index in [0.29, 0.717) is 6.42 Å². The molecule has 0 amide bonds. The van der Waals surface area contributed by atoms with Gasteiger partial charge in [-0.15, -0.1) is 4.16 Å². The average molecular weight is 270 g/mol. The lowest BCUT2D eigenvalue weighted by Gasteiger charge is -2.17. The Morgan fingerprint density at radius 3 is 2.63 bits per heavy atom. The molecule has 1 unspecified atom stereocenters. The maximum atomic E-state index is 11.3. The second kappa shape index (κ2) is 4.46. The predicted octanol–water partition coefficient (Wildman–Crippen LogP) is 2.60. The van der Waals surface area contributed by atoms with Crippen LogP contribution in [0.2, 0.25) is 0 Å². The van der Waals surface area contributed by atoms with Gasteiger partial charge in [0.1, 0.15) is 0 Å². The topological polar surface area (TPSA) is 73.7 Å². The fourth-order valence-electron chi connectivity index (χ4n) is 2.36. The number of carboxylic acids is 1. The molecule has 1 heterocycles. The predicted molar refractivity (Wildman–Crippen MR) is 72.0 cm³/mol. The normalized spacial score (nSPS) is 16.1. The molecule has 0 fully saturated rings. The van der Waals surface area contributed by atoms with Crippen molar-refractivity contribution in [2.75, 3.05) is 0 Å². The minimum absolute atomic E-state index is 0.285. The molecule has 0 aromatic heterocycles. The van der Waals surface area contributed by atoms with Gasteiger partial charge in [-0.3, -0.25) is 0 Å². The van der Waals surface area contributed by atoms with E-state index in [1.54, 1.807) is 12.1 Å². The van der Waals surface area contributed by atoms with Gasteiger partial charge in [0, 0.05) is 6.42 Å². The Bertz CT molecular complexity index is 749. The number of hydrogen-bond acceptors (Lipinski definition) is 1. The average Bonchev–Trinajstić information content (AvgIpc) is 2.43. The summed E-state index contributed by atoms with van der Waals surface area (Å²) in [6.07, 6.45) is 0.562. The minimum Gasteiger partial charge on any atom is -0.478 e. The maximum absolute atomic E-state index is 11.3. The molecule has 0 aliphatic carbocycles. The monoisotopic (exact) mass is 270 g/mol. The largest absolute Gasteiger partial charge is 0.478 e. The summed E-state index contributed by atoms with van der Waals surface area (Å²) < 4.78 is 3.47. The van der Waals surface area contributed by atoms with Crippen LogP contribution in [0.4, 0.5) is 0 Å². The zero-order valence-electron chi connectivity index (χ0n) is 9.91. The summed E-state index contributed by atoms with van der Waals surface area (Å²) in [6.45, 7) is 0. The molecule has 4 nitrogen and oxygen atoms in total. The highest BCUT2D eigenvalue weighted by molar-refractivity contribution is 7.87. The van der Waals surface area contributed by atoms with Crippen molar-refractivity contribution in [3.63, 3.8) is 0 Å². The molecule has 1 aliphatic rings. The minimum atomic E-state index is -0.947. The highest BCUT2D eigenvalue weighted by Crippen LogP contribution is 2.33. The van der Waals surface area contributed by atoms with E-state index in [2.05, 4.69) is 4.16 Å². The fourth-order valence-corrected chi connectivity index (χ4v) is 4.00. The third kappa shape index (κ3) is 1.80. The molecule has 0 radical (unpaired) electrons. The first kappa shape index (κ1) is 11.8. The first-order valence-corrected chi connectivity index (χ1v) is 6.93. The number of carbonyl (C=O) groups is 1. The van der Waals surface area contributed by atoms with E-state index in [1.165, 1.54) is 0 Å². The molecule has 94 valence electrons. The van der Waals surface area contributed by atoms with Crippen LogP contribution in [0.15, 0.2) is 52.3 Å². The van der Waals surface area contributed by atoms with Gasteiger partial charge in [0.2, 0.25) is 10.7 Å². The van der Waals surface area contributed by atoms with Crippen LogP contribution in [0.3, 0.4) is 0 Å². The molecule has 19 heavy (non-hydrogen) atoms. The van der Waals surface area contributed by atoms with Crippen LogP contribution < -0.4 is 4.16 Å². The van der Waals surface area contributed by atoms with E-state index in [9.17, 15) is 15.4 Å². The van der Waals surface area contributed by atoms with Gasteiger partial charge < -0.3 is 10.6 Å². The van der Waals surface area contributed by atoms with Gasteiger partial charge in [0.05, 0.1) is 15.4 Å². The van der Waals surface area contributed by atoms with Crippen molar-refractivity contribution in [1.29, 1.82) is 0 Å². The van der Waals surface area contributed by atoms with Crippen LogP contribution in [0.25, 0.3) is 5.53 Å². The van der Waals surface area contributed by atoms with Gasteiger partial charge in [-0.2, -0.15) is 0 Å². The number of fused-ring (bicyclic) bond motifs is 2. The standard InChI is InChI=1S/C14H10N2O2S/c15-16-19-12-6-2-1-4-9(12)8-11-10(14(17)18)5-3-7-13(11)19/h1-7H,8H2,(H,17,18). The van der Waals surface area contributed by atoms with Crippen LogP contribution in [0, 0.1) is 0 Å². The molecule has 0 saturated heterocycles. The molecule has 0 saturated carbocycles. The van der Waals surface area contributed by atoms with Crippen molar-refractivity contribution < 1.29 is 9.90 Å². The molecule has 1 atom stereocenters. The zero-order chi connectivity index (χ0) is 13.4. The summed E-state index contributed by atoms with van der Waals surface area (Å²) in [5, 5.41) is 9.26. The third-order valence-corrected chi connectivity index (χ3v) is 4.98. The summed E-state index contributed by atoms with van der Waals surface area (Å²) in [5.41, 5.74) is 11.4. The van der Waals surface area contributed by atoms with Crippen molar-refractivity contribution in [2.45, 2.75) is 16.2 Å². The Kier molecular flexibility index (Phi) is 2.78. The Balaban J connectivity index is 2.32. The van der Waals surface area contributed by atoms with E-state index in [0.717, 1.165) is 20.9 Å². The lowest BCUT2D eigenvalue weighted by molar-refractivity contribution is 0.0695. The Labute approximate surface area is 112 Å². The van der Waals surface area contributed by atoms with E-state index < -0.39 is 16.7 Å². The van der Waals surface area contributed by atoms with Crippen molar-refractivity contribution in [3.05, 3.63) is 64.7 Å². The Hall–Kier alpha value is -2.23. The van der Waals surface area contributed by atoms with Crippen molar-refractivity contribution in [1.82, 2.24) is 4.16 Å². The summed E-state index contributed by atoms with van der Waals surface area (Å²) >= 11 is 0. The highest BCUT2D eigenvalue weighted by Gasteiger charge is 2.28. The van der Waals surface area contributed by atoms with Crippen molar-refractivity contribution in [2.24, 2.45) is 0 Å². The quantitative estimate of drug-likeness (QED) is 0.545. The first-order chi connectivity index (χ1) is 9.22. The molecule has 5 heteroatoms. The smallest absolute Gasteiger partial charge is 0.336 e. The lowest BCUT2D eigenvalue weighted by atomic mass is 9.99. The second-order valence-electron chi connectivity index (χ2n) is 4.24. The van der Waals surface area contributed by atoms with Crippen LogP contribution >= 0.6 is 0 Å². The number of rotatable bonds is 1. The van der Waals surface area contributed by atoms with Gasteiger partial charge in [-0.05, 0) is 29.3 Å². The summed E-state index contributed by atoms with van der Waals surface area (Å²) in [5.74, 6) is -0.947. The molecule has 1 N–H and O–H groups in total. The third-order valence-electron chi connectivity index (χ3n) is 3.20. The molecule has 0 bridgehead atoms. The van der Waals surface area contributed by atoms with Crippen LogP contribution in [0.1, 0.15) is 21.5 Å². The van der Waals surface area contributed by atoms with Gasteiger partial charge >= 0.3 is 5.97 Å². The van der Waals surface area contributed by atoms with Gasteiger partial charge in [-0.25, -0.2) is 4.79 Å². The molecule has 1 aliphatic heterocycles. The van der Waals surface area contributed by atoms with E-state index in [-0.39, 0.29) is 5.56 Å².